The number of rotatable bonds is 7. The number of aldehydes is 1. The summed E-state index contributed by atoms with van der Waals surface area (Å²) in [7, 11) is 1.37. The highest BCUT2D eigenvalue weighted by molar-refractivity contribution is 5.99. The van der Waals surface area contributed by atoms with Gasteiger partial charge in [-0.05, 0) is 50.0 Å². The van der Waals surface area contributed by atoms with E-state index in [1.54, 1.807) is 26.0 Å². The molecule has 1 fully saturated rings. The van der Waals surface area contributed by atoms with E-state index in [4.69, 9.17) is 0 Å². The zero-order chi connectivity index (χ0) is 30.1. The van der Waals surface area contributed by atoms with Crippen molar-refractivity contribution in [1.29, 1.82) is 5.26 Å². The molecule has 11 heteroatoms. The lowest BCUT2D eigenvalue weighted by Gasteiger charge is -2.23. The minimum absolute atomic E-state index is 0.00170. The minimum Gasteiger partial charge on any atom is -0.350 e. The van der Waals surface area contributed by atoms with Crippen LogP contribution < -0.4 is 5.32 Å². The highest BCUT2D eigenvalue weighted by Crippen LogP contribution is 2.25. The fraction of sp³-hybridized carbons (Fsp3) is 0.414. The van der Waals surface area contributed by atoms with Crippen LogP contribution in [0.5, 0.6) is 0 Å². The van der Waals surface area contributed by atoms with Crippen molar-refractivity contribution in [2.24, 2.45) is 11.8 Å². The molecular weight excluding hydrogens is 520 g/mol. The highest BCUT2D eigenvalue weighted by Gasteiger charge is 2.39. The van der Waals surface area contributed by atoms with Gasteiger partial charge in [0.05, 0.1) is 24.0 Å². The van der Waals surface area contributed by atoms with Gasteiger partial charge >= 0.3 is 0 Å². The van der Waals surface area contributed by atoms with E-state index in [0.717, 1.165) is 16.9 Å². The first-order valence-corrected chi connectivity index (χ1v) is 12.8. The summed E-state index contributed by atoms with van der Waals surface area (Å²) in [5.41, 5.74) is 1.06. The first kappa shape index (κ1) is 31.9. The van der Waals surface area contributed by atoms with Crippen LogP contribution in [0.4, 0.5) is 8.78 Å². The van der Waals surface area contributed by atoms with E-state index in [9.17, 15) is 33.2 Å². The molecule has 0 spiro atoms. The van der Waals surface area contributed by atoms with Crippen LogP contribution in [0.2, 0.25) is 0 Å². The van der Waals surface area contributed by atoms with Crippen LogP contribution in [0.15, 0.2) is 41.6 Å². The molecule has 3 amide bonds. The van der Waals surface area contributed by atoms with Crippen LogP contribution in [-0.2, 0) is 14.4 Å². The molecule has 2 unspecified atom stereocenters. The van der Waals surface area contributed by atoms with Gasteiger partial charge in [0, 0.05) is 30.7 Å². The molecule has 1 saturated heterocycles. The number of hydrogen-bond acceptors (Lipinski definition) is 5. The van der Waals surface area contributed by atoms with E-state index in [0.29, 0.717) is 23.6 Å². The molecule has 2 aromatic rings. The first-order valence-electron chi connectivity index (χ1n) is 12.8. The number of carbonyl (C=O) groups is 4. The number of amides is 3. The van der Waals surface area contributed by atoms with Gasteiger partial charge in [-0.15, -0.1) is 0 Å². The molecule has 1 aliphatic heterocycles. The van der Waals surface area contributed by atoms with Crippen molar-refractivity contribution >= 4 is 34.9 Å². The summed E-state index contributed by atoms with van der Waals surface area (Å²) in [6.45, 7) is 9.39. The zero-order valence-corrected chi connectivity index (χ0v) is 23.5. The predicted molar refractivity (Wildman–Crippen MR) is 147 cm³/mol. The number of likely N-dealkylation sites (N-methyl/N-ethyl adjacent to an activating group) is 1. The monoisotopic (exact) mass is 555 g/mol. The lowest BCUT2D eigenvalue weighted by Crippen LogP contribution is -2.43. The van der Waals surface area contributed by atoms with Crippen LogP contribution in [0.3, 0.4) is 0 Å². The van der Waals surface area contributed by atoms with Gasteiger partial charge in [0.1, 0.15) is 29.7 Å². The summed E-state index contributed by atoms with van der Waals surface area (Å²) in [4.78, 5) is 54.0. The largest absolute Gasteiger partial charge is 0.350 e. The molecule has 40 heavy (non-hydrogen) atoms. The van der Waals surface area contributed by atoms with Gasteiger partial charge in [-0.25, -0.2) is 8.78 Å². The summed E-state index contributed by atoms with van der Waals surface area (Å²) >= 11 is 0. The van der Waals surface area contributed by atoms with E-state index in [2.05, 4.69) is 31.1 Å². The normalized spacial score (nSPS) is 17.2. The van der Waals surface area contributed by atoms with E-state index >= 15 is 0 Å². The van der Waals surface area contributed by atoms with Gasteiger partial charge in [0.2, 0.25) is 11.8 Å². The third kappa shape index (κ3) is 8.59. The Bertz CT molecular complexity index is 1370. The van der Waals surface area contributed by atoms with Crippen molar-refractivity contribution in [3.05, 3.63) is 58.9 Å². The minimum atomic E-state index is -0.844. The summed E-state index contributed by atoms with van der Waals surface area (Å²) in [5.74, 6) is -2.94. The fourth-order valence-electron chi connectivity index (χ4n) is 3.90. The second-order valence-corrected chi connectivity index (χ2v) is 10.4. The van der Waals surface area contributed by atoms with Crippen molar-refractivity contribution in [2.45, 2.75) is 47.1 Å². The molecule has 1 aromatic heterocycles. The molecule has 0 bridgehead atoms. The molecule has 0 aliphatic carbocycles. The number of carbonyl (C=O) groups excluding carboxylic acids is 4. The average Bonchev–Trinajstić information content (AvgIpc) is 3.51. The van der Waals surface area contributed by atoms with Crippen LogP contribution in [0.1, 0.15) is 51.5 Å². The number of nitriles is 1. The fourth-order valence-corrected chi connectivity index (χ4v) is 3.90. The Morgan fingerprint density at radius 3 is 2.45 bits per heavy atom. The maximum Gasteiger partial charge on any atom is 0.270 e. The van der Waals surface area contributed by atoms with Crippen molar-refractivity contribution in [3.8, 4) is 6.07 Å². The third-order valence-electron chi connectivity index (χ3n) is 5.85. The van der Waals surface area contributed by atoms with Crippen LogP contribution in [-0.4, -0.2) is 65.0 Å². The Balaban J connectivity index is 0.00000131. The van der Waals surface area contributed by atoms with Gasteiger partial charge in [0.25, 0.3) is 5.91 Å². The second-order valence-electron chi connectivity index (χ2n) is 10.4. The third-order valence-corrected chi connectivity index (χ3v) is 5.85. The smallest absolute Gasteiger partial charge is 0.270 e. The zero-order valence-electron chi connectivity index (χ0n) is 23.5. The van der Waals surface area contributed by atoms with E-state index in [1.807, 2.05) is 6.07 Å². The molecule has 2 heterocycles. The molecule has 1 aromatic carbocycles. The standard InChI is InChI=1S/C25H25F2N5O4.C4H10/c1-14(13-33)4-5-15(2)29-24(35)16-6-18(10-28)32(11-16)23(34)12-31(3)25(36)22-9-19-20(27)7-17(26)8-21(19)30-22;1-4(2)3/h4-5,7-9,13,16,18,30H,6,11-12H2,1-3H3,(H,29,35);4H,1-3H3/b14-4+,15-5+;. The number of allylic oxidation sites excluding steroid dienone is 4. The van der Waals surface area contributed by atoms with Gasteiger partial charge in [-0.1, -0.05) is 26.8 Å². The van der Waals surface area contributed by atoms with E-state index < -0.39 is 35.4 Å². The Labute approximate surface area is 232 Å². The molecule has 0 radical (unpaired) electrons. The summed E-state index contributed by atoms with van der Waals surface area (Å²) < 4.78 is 27.4. The van der Waals surface area contributed by atoms with Crippen molar-refractivity contribution < 1.29 is 28.0 Å². The molecular formula is C29H35F2N5O4. The van der Waals surface area contributed by atoms with Gasteiger partial charge in [0.15, 0.2) is 0 Å². The number of benzene rings is 1. The van der Waals surface area contributed by atoms with Gasteiger partial charge in [-0.2, -0.15) is 5.26 Å². The number of likely N-dealkylation sites (tertiary alicyclic amines) is 1. The molecule has 9 nitrogen and oxygen atoms in total. The number of halogens is 2. The Kier molecular flexibility index (Phi) is 11.3. The molecule has 0 saturated carbocycles. The summed E-state index contributed by atoms with van der Waals surface area (Å²) in [6.07, 6.45) is 3.94. The Morgan fingerprint density at radius 1 is 1.20 bits per heavy atom. The number of nitrogens with zero attached hydrogens (tertiary/aromatic N) is 3. The Morgan fingerprint density at radius 2 is 1.85 bits per heavy atom. The average molecular weight is 556 g/mol. The number of aromatic amines is 1. The maximum atomic E-state index is 14.0. The SMILES string of the molecule is C/C(C=O)=C\C=C(/C)NC(=O)C1CC(C#N)N(C(=O)CN(C)C(=O)c2cc3c(F)cc(F)cc3[nH]2)C1.CC(C)C. The van der Waals surface area contributed by atoms with Crippen molar-refractivity contribution in [3.63, 3.8) is 0 Å². The molecule has 1 aliphatic rings. The number of fused-ring (bicyclic) bond motifs is 1. The van der Waals surface area contributed by atoms with E-state index in [-0.39, 0.29) is 42.0 Å². The molecule has 214 valence electrons. The molecule has 3 rings (SSSR count). The van der Waals surface area contributed by atoms with E-state index in [1.165, 1.54) is 18.0 Å². The van der Waals surface area contributed by atoms with Crippen molar-refractivity contribution in [2.75, 3.05) is 20.1 Å². The lowest BCUT2D eigenvalue weighted by molar-refractivity contribution is -0.132. The summed E-state index contributed by atoms with van der Waals surface area (Å²) in [6, 6.07) is 4.18. The molecule has 2 N–H and O–H groups in total. The van der Waals surface area contributed by atoms with Crippen LogP contribution in [0.25, 0.3) is 10.9 Å². The van der Waals surface area contributed by atoms with Crippen molar-refractivity contribution in [1.82, 2.24) is 20.1 Å². The highest BCUT2D eigenvalue weighted by atomic mass is 19.1. The van der Waals surface area contributed by atoms with Gasteiger partial charge in [-0.3, -0.25) is 19.2 Å². The summed E-state index contributed by atoms with van der Waals surface area (Å²) in [5, 5.41) is 12.2. The number of aromatic nitrogens is 1. The van der Waals surface area contributed by atoms with Crippen LogP contribution in [0, 0.1) is 34.8 Å². The molecule has 2 atom stereocenters. The lowest BCUT2D eigenvalue weighted by atomic mass is 10.1. The van der Waals surface area contributed by atoms with Gasteiger partial charge < -0.3 is 20.1 Å². The number of nitrogens with one attached hydrogen (secondary N) is 2. The first-order chi connectivity index (χ1) is 18.8. The Hall–Kier alpha value is -4.33. The number of H-pyrrole nitrogens is 1. The number of hydrogen-bond donors (Lipinski definition) is 2. The topological polar surface area (TPSA) is 126 Å². The van der Waals surface area contributed by atoms with Crippen LogP contribution >= 0.6 is 0 Å². The quantitative estimate of drug-likeness (QED) is 0.302. The second kappa shape index (κ2) is 14.2. The predicted octanol–water partition coefficient (Wildman–Crippen LogP) is 4.09. The maximum absolute atomic E-state index is 14.0.